The van der Waals surface area contributed by atoms with Gasteiger partial charge in [-0.2, -0.15) is 0 Å². The number of amides is 1. The van der Waals surface area contributed by atoms with Crippen LogP contribution in [0.4, 0.5) is 11.4 Å². The Bertz CT molecular complexity index is 1180. The summed E-state index contributed by atoms with van der Waals surface area (Å²) in [5.74, 6) is 0.879. The van der Waals surface area contributed by atoms with Crippen LogP contribution in [0.3, 0.4) is 0 Å². The standard InChI is InChI=1S/C32H43N3O3/c1-22-5-6-24(31(38)33-26-7-8-26)20-29(22)35(15-4-14-34-16-11-23(12-17-34)13-18-36)27-9-10-28-25(19-27)21-32(2,3)30(28)37/h5-6,9-10,19-20,23,26,36H,4,7-8,11-18,21H2,1-3H3,(H,33,38). The minimum atomic E-state index is -0.356. The highest BCUT2D eigenvalue weighted by molar-refractivity contribution is 6.05. The van der Waals surface area contributed by atoms with Crippen LogP contribution in [0.1, 0.15) is 84.2 Å². The Labute approximate surface area is 227 Å². The number of aliphatic hydroxyl groups excluding tert-OH is 1. The zero-order chi connectivity index (χ0) is 26.9. The van der Waals surface area contributed by atoms with Crippen molar-refractivity contribution in [2.24, 2.45) is 11.3 Å². The van der Waals surface area contributed by atoms with E-state index in [1.165, 1.54) is 0 Å². The second-order valence-electron chi connectivity index (χ2n) is 12.3. The van der Waals surface area contributed by atoms with Gasteiger partial charge in [0.2, 0.25) is 0 Å². The smallest absolute Gasteiger partial charge is 0.251 e. The van der Waals surface area contributed by atoms with Crippen molar-refractivity contribution in [3.63, 3.8) is 0 Å². The van der Waals surface area contributed by atoms with Gasteiger partial charge in [-0.25, -0.2) is 0 Å². The second kappa shape index (κ2) is 11.2. The van der Waals surface area contributed by atoms with Crippen molar-refractivity contribution in [2.75, 3.05) is 37.7 Å². The van der Waals surface area contributed by atoms with Crippen LogP contribution in [0, 0.1) is 18.3 Å². The number of hydrogen-bond donors (Lipinski definition) is 2. The lowest BCUT2D eigenvalue weighted by Crippen LogP contribution is -2.36. The molecule has 0 atom stereocenters. The molecule has 0 unspecified atom stereocenters. The number of fused-ring (bicyclic) bond motifs is 1. The highest BCUT2D eigenvalue weighted by atomic mass is 16.3. The molecule has 204 valence electrons. The van der Waals surface area contributed by atoms with Crippen LogP contribution in [0.2, 0.25) is 0 Å². The maximum absolute atomic E-state index is 12.9. The van der Waals surface area contributed by atoms with E-state index in [-0.39, 0.29) is 17.1 Å². The molecule has 1 amide bonds. The van der Waals surface area contributed by atoms with Crippen molar-refractivity contribution in [2.45, 2.75) is 71.8 Å². The van der Waals surface area contributed by atoms with Crippen molar-refractivity contribution in [1.29, 1.82) is 0 Å². The zero-order valence-corrected chi connectivity index (χ0v) is 23.3. The Morgan fingerprint density at radius 2 is 1.87 bits per heavy atom. The predicted molar refractivity (Wildman–Crippen MR) is 152 cm³/mol. The highest BCUT2D eigenvalue weighted by Crippen LogP contribution is 2.39. The first-order chi connectivity index (χ1) is 18.2. The average Bonchev–Trinajstić information content (AvgIpc) is 3.68. The normalized spacial score (nSPS) is 19.4. The van der Waals surface area contributed by atoms with Crippen LogP contribution in [0.15, 0.2) is 36.4 Å². The molecule has 2 fully saturated rings. The summed E-state index contributed by atoms with van der Waals surface area (Å²) in [6.45, 7) is 10.5. The van der Waals surface area contributed by atoms with E-state index in [0.717, 1.165) is 99.2 Å². The fraction of sp³-hybridized carbons (Fsp3) is 0.562. The summed E-state index contributed by atoms with van der Waals surface area (Å²) >= 11 is 0. The number of carbonyl (C=O) groups excluding carboxylic acids is 2. The summed E-state index contributed by atoms with van der Waals surface area (Å²) in [6, 6.07) is 12.6. The molecule has 1 heterocycles. The number of carbonyl (C=O) groups is 2. The first-order valence-electron chi connectivity index (χ1n) is 14.4. The largest absolute Gasteiger partial charge is 0.396 e. The number of piperidine rings is 1. The van der Waals surface area contributed by atoms with Gasteiger partial charge < -0.3 is 20.2 Å². The number of hydrogen-bond acceptors (Lipinski definition) is 5. The van der Waals surface area contributed by atoms with Gasteiger partial charge in [0.05, 0.1) is 0 Å². The monoisotopic (exact) mass is 517 g/mol. The highest BCUT2D eigenvalue weighted by Gasteiger charge is 2.37. The fourth-order valence-corrected chi connectivity index (χ4v) is 6.10. The van der Waals surface area contributed by atoms with Crippen LogP contribution >= 0.6 is 0 Å². The molecule has 5 rings (SSSR count). The third-order valence-electron chi connectivity index (χ3n) is 8.67. The van der Waals surface area contributed by atoms with Crippen LogP contribution in [-0.2, 0) is 6.42 Å². The molecule has 0 radical (unpaired) electrons. The number of nitrogens with zero attached hydrogens (tertiary/aromatic N) is 2. The van der Waals surface area contributed by atoms with Gasteiger partial charge in [0.15, 0.2) is 5.78 Å². The maximum atomic E-state index is 12.9. The number of aryl methyl sites for hydroxylation is 1. The Morgan fingerprint density at radius 1 is 1.11 bits per heavy atom. The molecule has 2 aliphatic carbocycles. The zero-order valence-electron chi connectivity index (χ0n) is 23.3. The van der Waals surface area contributed by atoms with E-state index in [0.29, 0.717) is 24.1 Å². The lowest BCUT2D eigenvalue weighted by Gasteiger charge is -2.33. The van der Waals surface area contributed by atoms with Gasteiger partial charge in [0.25, 0.3) is 5.91 Å². The number of ketones is 1. The van der Waals surface area contributed by atoms with Crippen molar-refractivity contribution in [1.82, 2.24) is 10.2 Å². The number of likely N-dealkylation sites (tertiary alicyclic amines) is 1. The molecule has 2 aromatic carbocycles. The van der Waals surface area contributed by atoms with E-state index in [4.69, 9.17) is 0 Å². The van der Waals surface area contributed by atoms with Gasteiger partial charge >= 0.3 is 0 Å². The number of rotatable bonds is 10. The number of benzene rings is 2. The van der Waals surface area contributed by atoms with Crippen LogP contribution in [-0.4, -0.2) is 60.5 Å². The summed E-state index contributed by atoms with van der Waals surface area (Å²) in [6.07, 6.45) is 7.14. The number of Topliss-reactive ketones (excluding diaryl/α,β-unsaturated/α-hetero) is 1. The Balaban J connectivity index is 1.37. The first kappa shape index (κ1) is 26.9. The van der Waals surface area contributed by atoms with E-state index >= 15 is 0 Å². The Kier molecular flexibility index (Phi) is 7.92. The van der Waals surface area contributed by atoms with E-state index in [2.05, 4.69) is 40.2 Å². The van der Waals surface area contributed by atoms with E-state index in [1.54, 1.807) is 0 Å². The summed E-state index contributed by atoms with van der Waals surface area (Å²) in [7, 11) is 0. The number of anilines is 2. The van der Waals surface area contributed by atoms with Crippen LogP contribution in [0.5, 0.6) is 0 Å². The second-order valence-corrected chi connectivity index (χ2v) is 12.3. The first-order valence-corrected chi connectivity index (χ1v) is 14.4. The molecular formula is C32H43N3O3. The molecule has 38 heavy (non-hydrogen) atoms. The summed E-state index contributed by atoms with van der Waals surface area (Å²) in [4.78, 5) is 30.6. The summed E-state index contributed by atoms with van der Waals surface area (Å²) < 4.78 is 0. The maximum Gasteiger partial charge on any atom is 0.251 e. The molecule has 1 aliphatic heterocycles. The Hall–Kier alpha value is -2.70. The third kappa shape index (κ3) is 5.97. The van der Waals surface area contributed by atoms with Crippen molar-refractivity contribution >= 4 is 23.1 Å². The molecular weight excluding hydrogens is 474 g/mol. The van der Waals surface area contributed by atoms with Gasteiger partial charge in [0, 0.05) is 47.1 Å². The molecule has 2 aromatic rings. The van der Waals surface area contributed by atoms with Gasteiger partial charge in [-0.1, -0.05) is 19.9 Å². The van der Waals surface area contributed by atoms with Gasteiger partial charge in [0.1, 0.15) is 0 Å². The summed E-state index contributed by atoms with van der Waals surface area (Å²) in [5.41, 5.74) is 5.58. The van der Waals surface area contributed by atoms with Crippen molar-refractivity contribution in [3.05, 3.63) is 58.7 Å². The molecule has 6 heteroatoms. The molecule has 2 N–H and O–H groups in total. The topological polar surface area (TPSA) is 72.9 Å². The number of aliphatic hydroxyl groups is 1. The predicted octanol–water partition coefficient (Wildman–Crippen LogP) is 5.27. The molecule has 0 aromatic heterocycles. The molecule has 0 spiro atoms. The minimum Gasteiger partial charge on any atom is -0.396 e. The van der Waals surface area contributed by atoms with Crippen LogP contribution in [0.25, 0.3) is 0 Å². The SMILES string of the molecule is Cc1ccc(C(=O)NC2CC2)cc1N(CCCN1CCC(CCO)CC1)c1ccc2c(c1)CC(C)(C)C2=O. The molecule has 0 bridgehead atoms. The average molecular weight is 518 g/mol. The van der Waals surface area contributed by atoms with Crippen LogP contribution < -0.4 is 10.2 Å². The molecule has 3 aliphatic rings. The molecule has 1 saturated carbocycles. The minimum absolute atomic E-state index is 0.000694. The van der Waals surface area contributed by atoms with Crippen molar-refractivity contribution < 1.29 is 14.7 Å². The van der Waals surface area contributed by atoms with E-state index < -0.39 is 0 Å². The van der Waals surface area contributed by atoms with Gasteiger partial charge in [-0.3, -0.25) is 9.59 Å². The van der Waals surface area contributed by atoms with Gasteiger partial charge in [-0.15, -0.1) is 0 Å². The molecule has 1 saturated heterocycles. The quantitative estimate of drug-likeness (QED) is 0.449. The summed E-state index contributed by atoms with van der Waals surface area (Å²) in [5, 5.41) is 12.4. The number of nitrogens with one attached hydrogen (secondary N) is 1. The van der Waals surface area contributed by atoms with E-state index in [1.807, 2.05) is 32.0 Å². The third-order valence-corrected chi connectivity index (χ3v) is 8.67. The Morgan fingerprint density at radius 3 is 2.58 bits per heavy atom. The lowest BCUT2D eigenvalue weighted by atomic mass is 9.89. The van der Waals surface area contributed by atoms with E-state index in [9.17, 15) is 14.7 Å². The molecule has 6 nitrogen and oxygen atoms in total. The van der Waals surface area contributed by atoms with Gasteiger partial charge in [-0.05, 0) is 119 Å². The fourth-order valence-electron chi connectivity index (χ4n) is 6.10. The van der Waals surface area contributed by atoms with Crippen molar-refractivity contribution in [3.8, 4) is 0 Å². The lowest BCUT2D eigenvalue weighted by molar-refractivity contribution is 0.0863.